The number of urea groups is 1. The number of halogens is 2. The molecular formula is C13H9Cl2N3O3. The van der Waals surface area contributed by atoms with Crippen molar-refractivity contribution in [3.8, 4) is 6.07 Å². The molecule has 108 valence electrons. The Bertz CT molecular complexity index is 709. The Labute approximate surface area is 130 Å². The predicted molar refractivity (Wildman–Crippen MR) is 75.9 cm³/mol. The van der Waals surface area contributed by atoms with Crippen LogP contribution in [0.15, 0.2) is 29.5 Å². The van der Waals surface area contributed by atoms with Crippen molar-refractivity contribution in [1.82, 2.24) is 10.2 Å². The number of allylic oxidation sites excluding steroid dienone is 1. The van der Waals surface area contributed by atoms with Crippen LogP contribution in [0.1, 0.15) is 18.5 Å². The molecule has 3 amide bonds. The highest BCUT2D eigenvalue weighted by atomic mass is 35.5. The molecule has 2 rings (SSSR count). The van der Waals surface area contributed by atoms with Gasteiger partial charge in [0.15, 0.2) is 0 Å². The molecule has 1 heterocycles. The fraction of sp³-hybridized carbons (Fsp3) is 0.154. The maximum Gasteiger partial charge on any atom is 0.416 e. The van der Waals surface area contributed by atoms with Crippen molar-refractivity contribution in [2.24, 2.45) is 0 Å². The van der Waals surface area contributed by atoms with E-state index < -0.39 is 18.2 Å². The van der Waals surface area contributed by atoms with Gasteiger partial charge in [-0.3, -0.25) is 0 Å². The highest BCUT2D eigenvalue weighted by molar-refractivity contribution is 6.42. The van der Waals surface area contributed by atoms with E-state index >= 15 is 0 Å². The number of hydrogen-bond acceptors (Lipinski definition) is 3. The van der Waals surface area contributed by atoms with Crippen molar-refractivity contribution < 1.29 is 14.7 Å². The van der Waals surface area contributed by atoms with E-state index in [2.05, 4.69) is 5.32 Å². The third kappa shape index (κ3) is 2.53. The number of carboxylic acid groups (broad SMARTS) is 1. The van der Waals surface area contributed by atoms with E-state index in [1.165, 1.54) is 19.1 Å². The first kappa shape index (κ1) is 15.2. The Morgan fingerprint density at radius 1 is 1.48 bits per heavy atom. The first-order valence-corrected chi connectivity index (χ1v) is 6.52. The maximum atomic E-state index is 11.9. The second-order valence-corrected chi connectivity index (χ2v) is 5.06. The summed E-state index contributed by atoms with van der Waals surface area (Å²) >= 11 is 12.0. The first-order chi connectivity index (χ1) is 9.88. The highest BCUT2D eigenvalue weighted by Crippen LogP contribution is 2.39. The van der Waals surface area contributed by atoms with Gasteiger partial charge in [-0.25, -0.2) is 14.5 Å². The summed E-state index contributed by atoms with van der Waals surface area (Å²) in [6.45, 7) is 1.51. The summed E-state index contributed by atoms with van der Waals surface area (Å²) < 4.78 is 0. The van der Waals surface area contributed by atoms with Gasteiger partial charge in [0, 0.05) is 11.3 Å². The lowest BCUT2D eigenvalue weighted by molar-refractivity contribution is 0.136. The smallest absolute Gasteiger partial charge is 0.416 e. The van der Waals surface area contributed by atoms with Gasteiger partial charge < -0.3 is 10.4 Å². The zero-order chi connectivity index (χ0) is 15.7. The van der Waals surface area contributed by atoms with Crippen molar-refractivity contribution in [2.75, 3.05) is 0 Å². The minimum absolute atomic E-state index is 0.0844. The summed E-state index contributed by atoms with van der Waals surface area (Å²) in [5, 5.41) is 21.2. The fourth-order valence-corrected chi connectivity index (χ4v) is 2.52. The molecule has 0 bridgehead atoms. The molecule has 1 aromatic rings. The molecule has 6 nitrogen and oxygen atoms in total. The van der Waals surface area contributed by atoms with Crippen LogP contribution in [0.4, 0.5) is 9.59 Å². The van der Waals surface area contributed by atoms with Crippen LogP contribution in [0.3, 0.4) is 0 Å². The summed E-state index contributed by atoms with van der Waals surface area (Å²) in [6, 6.07) is 4.56. The molecule has 0 fully saturated rings. The van der Waals surface area contributed by atoms with Crippen molar-refractivity contribution in [3.05, 3.63) is 45.1 Å². The SMILES string of the molecule is CC1=C(C#N)C(c2cccc(Cl)c2Cl)N(C(=O)O)C(=O)N1. The Kier molecular flexibility index (Phi) is 4.07. The Hall–Kier alpha value is -2.23. The van der Waals surface area contributed by atoms with Crippen LogP contribution >= 0.6 is 23.2 Å². The number of amides is 3. The lowest BCUT2D eigenvalue weighted by atomic mass is 9.95. The molecule has 1 aliphatic rings. The monoisotopic (exact) mass is 325 g/mol. The van der Waals surface area contributed by atoms with E-state index in [1.54, 1.807) is 6.07 Å². The number of carbonyl (C=O) groups is 2. The van der Waals surface area contributed by atoms with Crippen molar-refractivity contribution in [2.45, 2.75) is 13.0 Å². The van der Waals surface area contributed by atoms with Gasteiger partial charge in [0.25, 0.3) is 0 Å². The van der Waals surface area contributed by atoms with E-state index in [0.29, 0.717) is 4.90 Å². The number of nitriles is 1. The predicted octanol–water partition coefficient (Wildman–Crippen LogP) is 3.54. The fourth-order valence-electron chi connectivity index (χ4n) is 2.11. The topological polar surface area (TPSA) is 93.4 Å². The van der Waals surface area contributed by atoms with Crippen LogP contribution < -0.4 is 5.32 Å². The van der Waals surface area contributed by atoms with Crippen LogP contribution in [0.5, 0.6) is 0 Å². The molecule has 0 radical (unpaired) electrons. The molecular weight excluding hydrogens is 317 g/mol. The summed E-state index contributed by atoms with van der Waals surface area (Å²) in [5.74, 6) is 0. The molecule has 1 aromatic carbocycles. The van der Waals surface area contributed by atoms with E-state index in [1.807, 2.05) is 6.07 Å². The number of nitrogens with zero attached hydrogens (tertiary/aromatic N) is 2. The summed E-state index contributed by atoms with van der Waals surface area (Å²) in [7, 11) is 0. The number of nitrogens with one attached hydrogen (secondary N) is 1. The quantitative estimate of drug-likeness (QED) is 0.825. The Balaban J connectivity index is 2.72. The third-order valence-corrected chi connectivity index (χ3v) is 3.88. The van der Waals surface area contributed by atoms with Gasteiger partial charge >= 0.3 is 12.1 Å². The van der Waals surface area contributed by atoms with Crippen LogP contribution in [0, 0.1) is 11.3 Å². The molecule has 21 heavy (non-hydrogen) atoms. The molecule has 1 unspecified atom stereocenters. The summed E-state index contributed by atoms with van der Waals surface area (Å²) in [4.78, 5) is 23.8. The molecule has 1 aliphatic heterocycles. The number of carbonyl (C=O) groups excluding carboxylic acids is 1. The van der Waals surface area contributed by atoms with Crippen LogP contribution in [-0.2, 0) is 0 Å². The molecule has 2 N–H and O–H groups in total. The van der Waals surface area contributed by atoms with Crippen molar-refractivity contribution in [3.63, 3.8) is 0 Å². The largest absolute Gasteiger partial charge is 0.465 e. The molecule has 0 aliphatic carbocycles. The minimum Gasteiger partial charge on any atom is -0.465 e. The second-order valence-electron chi connectivity index (χ2n) is 4.28. The van der Waals surface area contributed by atoms with Gasteiger partial charge in [-0.05, 0) is 13.0 Å². The van der Waals surface area contributed by atoms with Gasteiger partial charge in [0.1, 0.15) is 6.04 Å². The van der Waals surface area contributed by atoms with Gasteiger partial charge in [-0.15, -0.1) is 0 Å². The number of imide groups is 1. The van der Waals surface area contributed by atoms with E-state index in [4.69, 9.17) is 23.2 Å². The average molecular weight is 326 g/mol. The summed E-state index contributed by atoms with van der Waals surface area (Å²) in [5.41, 5.74) is 0.638. The van der Waals surface area contributed by atoms with Gasteiger partial charge in [0.2, 0.25) is 0 Å². The zero-order valence-corrected chi connectivity index (χ0v) is 12.2. The third-order valence-electron chi connectivity index (χ3n) is 3.05. The molecule has 0 aromatic heterocycles. The molecule has 8 heteroatoms. The molecule has 0 saturated heterocycles. The zero-order valence-electron chi connectivity index (χ0n) is 10.7. The molecule has 0 spiro atoms. The molecule has 1 atom stereocenters. The Morgan fingerprint density at radius 2 is 2.14 bits per heavy atom. The lowest BCUT2D eigenvalue weighted by Gasteiger charge is -2.33. The first-order valence-electron chi connectivity index (χ1n) is 5.76. The van der Waals surface area contributed by atoms with Crippen molar-refractivity contribution in [1.29, 1.82) is 5.26 Å². The van der Waals surface area contributed by atoms with Crippen molar-refractivity contribution >= 4 is 35.3 Å². The summed E-state index contributed by atoms with van der Waals surface area (Å²) in [6.07, 6.45) is -1.49. The van der Waals surface area contributed by atoms with Gasteiger partial charge in [-0.2, -0.15) is 5.26 Å². The highest BCUT2D eigenvalue weighted by Gasteiger charge is 2.40. The van der Waals surface area contributed by atoms with Gasteiger partial charge in [0.05, 0.1) is 21.7 Å². The minimum atomic E-state index is -1.49. The standard InChI is InChI=1S/C13H9Cl2N3O3/c1-6-8(5-16)11(18(13(20)21)12(19)17-6)7-3-2-4-9(14)10(7)15/h2-4,11H,1H3,(H,17,19)(H,20,21). The lowest BCUT2D eigenvalue weighted by Crippen LogP contribution is -2.49. The number of rotatable bonds is 1. The number of hydrogen-bond donors (Lipinski definition) is 2. The average Bonchev–Trinajstić information content (AvgIpc) is 2.40. The van der Waals surface area contributed by atoms with Crippen LogP contribution in [0.2, 0.25) is 10.0 Å². The second kappa shape index (κ2) is 5.64. The van der Waals surface area contributed by atoms with Crippen LogP contribution in [0.25, 0.3) is 0 Å². The Morgan fingerprint density at radius 3 is 2.71 bits per heavy atom. The van der Waals surface area contributed by atoms with Gasteiger partial charge in [-0.1, -0.05) is 35.3 Å². The number of benzene rings is 1. The normalized spacial score (nSPS) is 18.3. The van der Waals surface area contributed by atoms with E-state index in [0.717, 1.165) is 0 Å². The van der Waals surface area contributed by atoms with E-state index in [-0.39, 0.29) is 26.9 Å². The van der Waals surface area contributed by atoms with Crippen LogP contribution in [-0.4, -0.2) is 22.1 Å². The molecule has 0 saturated carbocycles. The van der Waals surface area contributed by atoms with E-state index in [9.17, 15) is 20.0 Å². The maximum absolute atomic E-state index is 11.9.